The molecule has 0 spiro atoms. The summed E-state index contributed by atoms with van der Waals surface area (Å²) in [6.07, 6.45) is 3.69. The smallest absolute Gasteiger partial charge is 0.135 e. The van der Waals surface area contributed by atoms with Gasteiger partial charge < -0.3 is 9.47 Å². The number of nitrogens with zero attached hydrogens (tertiary/aromatic N) is 7. The molecule has 0 radical (unpaired) electrons. The first-order valence-electron chi connectivity index (χ1n) is 9.59. The van der Waals surface area contributed by atoms with Gasteiger partial charge in [-0.25, -0.2) is 4.63 Å². The van der Waals surface area contributed by atoms with E-state index in [1.807, 2.05) is 41.9 Å². The maximum atomic E-state index is 9.76. The number of piperidine rings is 1. The van der Waals surface area contributed by atoms with E-state index in [2.05, 4.69) is 37.5 Å². The van der Waals surface area contributed by atoms with Crippen molar-refractivity contribution in [1.29, 1.82) is 5.26 Å². The summed E-state index contributed by atoms with van der Waals surface area (Å²) in [5, 5.41) is 25.9. The number of anilines is 1. The van der Waals surface area contributed by atoms with Crippen molar-refractivity contribution in [2.24, 2.45) is 7.05 Å². The van der Waals surface area contributed by atoms with Crippen molar-refractivity contribution in [3.63, 3.8) is 0 Å². The lowest BCUT2D eigenvalue weighted by Gasteiger charge is -2.35. The second kappa shape index (κ2) is 7.02. The highest BCUT2D eigenvalue weighted by molar-refractivity contribution is 5.88. The summed E-state index contributed by atoms with van der Waals surface area (Å²) in [7, 11) is 1.99. The number of nitriles is 1. The number of rotatable bonds is 3. The van der Waals surface area contributed by atoms with Crippen molar-refractivity contribution >= 4 is 16.7 Å². The number of para-hydroxylation sites is 1. The molecular weight excluding hydrogens is 366 g/mol. The van der Waals surface area contributed by atoms with E-state index < -0.39 is 0 Å². The van der Waals surface area contributed by atoms with Crippen LogP contribution in [0.15, 0.2) is 47.4 Å². The third kappa shape index (κ3) is 3.01. The molecule has 2 aromatic carbocycles. The molecule has 0 unspecified atom stereocenters. The van der Waals surface area contributed by atoms with Crippen molar-refractivity contribution in [1.82, 2.24) is 25.1 Å². The van der Waals surface area contributed by atoms with E-state index in [0.29, 0.717) is 17.0 Å². The minimum Gasteiger partial charge on any atom is -0.370 e. The zero-order chi connectivity index (χ0) is 19.8. The van der Waals surface area contributed by atoms with Crippen molar-refractivity contribution in [2.75, 3.05) is 18.0 Å². The molecule has 1 aliphatic rings. The Labute approximate surface area is 167 Å². The predicted octanol–water partition coefficient (Wildman–Crippen LogP) is 3.27. The zero-order valence-corrected chi connectivity index (χ0v) is 16.0. The monoisotopic (exact) mass is 385 g/mol. The number of aromatic nitrogens is 5. The summed E-state index contributed by atoms with van der Waals surface area (Å²) in [6.45, 7) is 1.72. The van der Waals surface area contributed by atoms with Gasteiger partial charge >= 0.3 is 0 Å². The number of benzene rings is 2. The number of hydrogen-bond acceptors (Lipinski definition) is 7. The zero-order valence-electron chi connectivity index (χ0n) is 16.0. The molecule has 1 saturated heterocycles. The van der Waals surface area contributed by atoms with Gasteiger partial charge in [0.1, 0.15) is 29.3 Å². The Hall–Kier alpha value is -3.73. The van der Waals surface area contributed by atoms with Crippen LogP contribution in [0.4, 0.5) is 5.69 Å². The van der Waals surface area contributed by atoms with Crippen molar-refractivity contribution in [3.05, 3.63) is 54.1 Å². The Morgan fingerprint density at radius 2 is 1.93 bits per heavy atom. The fourth-order valence-corrected chi connectivity index (χ4v) is 4.18. The molecule has 2 aromatic heterocycles. The van der Waals surface area contributed by atoms with Crippen molar-refractivity contribution in [3.8, 4) is 17.2 Å². The van der Waals surface area contributed by atoms with Crippen LogP contribution in [0.1, 0.15) is 30.1 Å². The molecule has 0 bridgehead atoms. The fraction of sp³-hybridized carbons (Fsp3) is 0.286. The third-order valence-electron chi connectivity index (χ3n) is 5.64. The largest absolute Gasteiger partial charge is 0.370 e. The molecule has 29 heavy (non-hydrogen) atoms. The molecule has 144 valence electrons. The van der Waals surface area contributed by atoms with Crippen LogP contribution in [0.5, 0.6) is 0 Å². The highest BCUT2D eigenvalue weighted by Crippen LogP contribution is 2.38. The van der Waals surface area contributed by atoms with Gasteiger partial charge in [-0.15, -0.1) is 10.2 Å². The van der Waals surface area contributed by atoms with Gasteiger partial charge in [0.2, 0.25) is 0 Å². The molecule has 8 nitrogen and oxygen atoms in total. The Kier molecular flexibility index (Phi) is 4.21. The Morgan fingerprint density at radius 3 is 2.69 bits per heavy atom. The summed E-state index contributed by atoms with van der Waals surface area (Å²) in [5.74, 6) is 1.41. The van der Waals surface area contributed by atoms with Crippen LogP contribution in [-0.2, 0) is 7.05 Å². The first-order valence-corrected chi connectivity index (χ1v) is 9.59. The van der Waals surface area contributed by atoms with Gasteiger partial charge in [0, 0.05) is 31.6 Å². The minimum atomic E-state index is 0.383. The highest BCUT2D eigenvalue weighted by Gasteiger charge is 2.26. The molecule has 0 saturated carbocycles. The number of hydrogen-bond donors (Lipinski definition) is 0. The molecule has 0 amide bonds. The standard InChI is InChI=1S/C21H19N7O/c1-27-13-23-24-21(27)14-7-9-28(10-8-14)20-16(12-22)3-2-4-17(20)15-5-6-18-19(11-15)26-29-25-18/h2-6,11,13-14H,7-10H2,1H3. The minimum absolute atomic E-state index is 0.383. The van der Waals surface area contributed by atoms with Crippen LogP contribution in [0, 0.1) is 11.3 Å². The summed E-state index contributed by atoms with van der Waals surface area (Å²) >= 11 is 0. The maximum absolute atomic E-state index is 9.76. The SMILES string of the molecule is Cn1cnnc1C1CCN(c2c(C#N)cccc2-c2ccc3nonc3c2)CC1. The van der Waals surface area contributed by atoms with Crippen molar-refractivity contribution < 1.29 is 4.63 Å². The summed E-state index contributed by atoms with van der Waals surface area (Å²) in [5.41, 5.74) is 5.09. The van der Waals surface area contributed by atoms with Gasteiger partial charge in [0.15, 0.2) is 0 Å². The normalized spacial score (nSPS) is 15.0. The van der Waals surface area contributed by atoms with Crippen molar-refractivity contribution in [2.45, 2.75) is 18.8 Å². The summed E-state index contributed by atoms with van der Waals surface area (Å²) in [6, 6.07) is 14.1. The Morgan fingerprint density at radius 1 is 1.10 bits per heavy atom. The lowest BCUT2D eigenvalue weighted by molar-refractivity contribution is 0.315. The summed E-state index contributed by atoms with van der Waals surface area (Å²) in [4.78, 5) is 2.31. The molecule has 0 aliphatic carbocycles. The molecule has 3 heterocycles. The highest BCUT2D eigenvalue weighted by atomic mass is 16.6. The quantitative estimate of drug-likeness (QED) is 0.534. The Balaban J connectivity index is 1.50. The fourth-order valence-electron chi connectivity index (χ4n) is 4.18. The van der Waals surface area contributed by atoms with Crippen LogP contribution in [0.2, 0.25) is 0 Å². The van der Waals surface area contributed by atoms with E-state index in [9.17, 15) is 5.26 Å². The Bertz CT molecular complexity index is 1210. The van der Waals surface area contributed by atoms with Gasteiger partial charge in [0.25, 0.3) is 0 Å². The van der Waals surface area contributed by atoms with Crippen LogP contribution < -0.4 is 4.90 Å². The van der Waals surface area contributed by atoms with E-state index in [1.165, 1.54) is 0 Å². The second-order valence-electron chi connectivity index (χ2n) is 7.34. The molecule has 0 atom stereocenters. The van der Waals surface area contributed by atoms with Gasteiger partial charge in [-0.05, 0) is 46.9 Å². The van der Waals surface area contributed by atoms with Crippen LogP contribution in [-0.4, -0.2) is 38.2 Å². The molecule has 4 aromatic rings. The van der Waals surface area contributed by atoms with Crippen LogP contribution in [0.3, 0.4) is 0 Å². The maximum Gasteiger partial charge on any atom is 0.135 e. The van der Waals surface area contributed by atoms with E-state index in [1.54, 1.807) is 6.33 Å². The van der Waals surface area contributed by atoms with Gasteiger partial charge in [0.05, 0.1) is 11.3 Å². The molecule has 1 fully saturated rings. The van der Waals surface area contributed by atoms with E-state index in [0.717, 1.165) is 54.1 Å². The average molecular weight is 385 g/mol. The van der Waals surface area contributed by atoms with Crippen LogP contribution in [0.25, 0.3) is 22.2 Å². The van der Waals surface area contributed by atoms with Gasteiger partial charge in [-0.1, -0.05) is 18.2 Å². The predicted molar refractivity (Wildman–Crippen MR) is 107 cm³/mol. The molecule has 1 aliphatic heterocycles. The lowest BCUT2D eigenvalue weighted by atomic mass is 9.93. The number of fused-ring (bicyclic) bond motifs is 1. The first-order chi connectivity index (χ1) is 14.2. The molecule has 0 N–H and O–H groups in total. The van der Waals surface area contributed by atoms with Gasteiger partial charge in [-0.2, -0.15) is 5.26 Å². The lowest BCUT2D eigenvalue weighted by Crippen LogP contribution is -2.34. The topological polar surface area (TPSA) is 96.7 Å². The van der Waals surface area contributed by atoms with E-state index >= 15 is 0 Å². The molecule has 5 rings (SSSR count). The molecule has 8 heteroatoms. The van der Waals surface area contributed by atoms with E-state index in [-0.39, 0.29) is 0 Å². The van der Waals surface area contributed by atoms with E-state index in [4.69, 9.17) is 4.63 Å². The van der Waals surface area contributed by atoms with Crippen LogP contribution >= 0.6 is 0 Å². The molecular formula is C21H19N7O. The third-order valence-corrected chi connectivity index (χ3v) is 5.64. The average Bonchev–Trinajstić information content (AvgIpc) is 3.41. The van der Waals surface area contributed by atoms with Gasteiger partial charge in [-0.3, -0.25) is 0 Å². The second-order valence-corrected chi connectivity index (χ2v) is 7.34. The number of aryl methyl sites for hydroxylation is 1. The first kappa shape index (κ1) is 17.4. The summed E-state index contributed by atoms with van der Waals surface area (Å²) < 4.78 is 6.82.